The molecule has 0 saturated heterocycles. The number of carbonyl (C=O) groups is 1. The highest BCUT2D eigenvalue weighted by Crippen LogP contribution is 2.36. The Morgan fingerprint density at radius 3 is 2.71 bits per heavy atom. The molecular formula is C11H21NO2. The average Bonchev–Trinajstić information content (AvgIpc) is 2.99. The van der Waals surface area contributed by atoms with Crippen LogP contribution in [0.3, 0.4) is 0 Å². The lowest BCUT2D eigenvalue weighted by molar-refractivity contribution is -0.125. The average molecular weight is 199 g/mol. The summed E-state index contributed by atoms with van der Waals surface area (Å²) in [5.41, 5.74) is 0. The molecule has 14 heavy (non-hydrogen) atoms. The number of carbonyl (C=O) groups excluding carboxylic acids is 1. The predicted molar refractivity (Wildman–Crippen MR) is 55.8 cm³/mol. The maximum atomic E-state index is 11.5. The van der Waals surface area contributed by atoms with Gasteiger partial charge in [-0.05, 0) is 31.6 Å². The van der Waals surface area contributed by atoms with E-state index in [1.165, 1.54) is 12.8 Å². The van der Waals surface area contributed by atoms with Crippen molar-refractivity contribution in [2.75, 3.05) is 6.54 Å². The van der Waals surface area contributed by atoms with Gasteiger partial charge in [-0.1, -0.05) is 13.8 Å². The number of amides is 1. The van der Waals surface area contributed by atoms with E-state index in [0.29, 0.717) is 18.9 Å². The van der Waals surface area contributed by atoms with Gasteiger partial charge in [0.15, 0.2) is 0 Å². The first-order chi connectivity index (χ1) is 6.65. The van der Waals surface area contributed by atoms with Gasteiger partial charge in [-0.2, -0.15) is 0 Å². The molecule has 0 bridgehead atoms. The molecule has 0 heterocycles. The van der Waals surface area contributed by atoms with E-state index in [-0.39, 0.29) is 17.9 Å². The second-order valence-corrected chi connectivity index (χ2v) is 4.27. The molecule has 3 heteroatoms. The lowest BCUT2D eigenvalue weighted by atomic mass is 10.1. The second kappa shape index (κ2) is 5.35. The summed E-state index contributed by atoms with van der Waals surface area (Å²) in [6.45, 7) is 4.54. The van der Waals surface area contributed by atoms with Crippen LogP contribution >= 0.6 is 0 Å². The third-order valence-corrected chi connectivity index (χ3v) is 2.99. The summed E-state index contributed by atoms with van der Waals surface area (Å²) >= 11 is 0. The van der Waals surface area contributed by atoms with Crippen molar-refractivity contribution >= 4 is 5.91 Å². The van der Waals surface area contributed by atoms with Gasteiger partial charge >= 0.3 is 0 Å². The fraction of sp³-hybridized carbons (Fsp3) is 0.909. The van der Waals surface area contributed by atoms with E-state index in [4.69, 9.17) is 0 Å². The van der Waals surface area contributed by atoms with Crippen molar-refractivity contribution in [2.45, 2.75) is 45.6 Å². The van der Waals surface area contributed by atoms with Crippen molar-refractivity contribution in [3.8, 4) is 0 Å². The molecule has 1 fully saturated rings. The molecule has 0 spiro atoms. The van der Waals surface area contributed by atoms with Gasteiger partial charge in [0.2, 0.25) is 5.91 Å². The minimum atomic E-state index is -0.272. The Balaban J connectivity index is 2.08. The molecule has 2 atom stereocenters. The molecule has 0 aromatic heterocycles. The van der Waals surface area contributed by atoms with Crippen LogP contribution < -0.4 is 5.32 Å². The monoisotopic (exact) mass is 199 g/mol. The standard InChI is InChI=1S/C11H21NO2/c1-3-10(13)6-7-12-11(14)8(2)9-4-5-9/h8-10,13H,3-7H2,1-2H3,(H,12,14). The highest BCUT2D eigenvalue weighted by molar-refractivity contribution is 5.78. The zero-order valence-corrected chi connectivity index (χ0v) is 9.12. The first-order valence-electron chi connectivity index (χ1n) is 5.61. The minimum absolute atomic E-state index is 0.149. The lowest BCUT2D eigenvalue weighted by Crippen LogP contribution is -2.32. The van der Waals surface area contributed by atoms with E-state index in [1.807, 2.05) is 13.8 Å². The first kappa shape index (κ1) is 11.5. The third kappa shape index (κ3) is 3.66. The number of aliphatic hydroxyl groups is 1. The molecule has 0 aromatic rings. The molecule has 2 N–H and O–H groups in total. The third-order valence-electron chi connectivity index (χ3n) is 2.99. The van der Waals surface area contributed by atoms with Gasteiger partial charge in [0.25, 0.3) is 0 Å². The largest absolute Gasteiger partial charge is 0.393 e. The van der Waals surface area contributed by atoms with Crippen LogP contribution in [0.25, 0.3) is 0 Å². The number of hydrogen-bond donors (Lipinski definition) is 2. The van der Waals surface area contributed by atoms with Crippen LogP contribution in [0.4, 0.5) is 0 Å². The van der Waals surface area contributed by atoms with Crippen molar-refractivity contribution in [1.29, 1.82) is 0 Å². The van der Waals surface area contributed by atoms with Crippen LogP contribution in [-0.2, 0) is 4.79 Å². The Bertz CT molecular complexity index is 190. The highest BCUT2D eigenvalue weighted by atomic mass is 16.3. The molecule has 2 unspecified atom stereocenters. The highest BCUT2D eigenvalue weighted by Gasteiger charge is 2.32. The fourth-order valence-electron chi connectivity index (χ4n) is 1.54. The summed E-state index contributed by atoms with van der Waals surface area (Å²) in [4.78, 5) is 11.5. The van der Waals surface area contributed by atoms with Crippen molar-refractivity contribution in [1.82, 2.24) is 5.32 Å². The van der Waals surface area contributed by atoms with Crippen LogP contribution in [0.15, 0.2) is 0 Å². The number of hydrogen-bond acceptors (Lipinski definition) is 2. The second-order valence-electron chi connectivity index (χ2n) is 4.27. The van der Waals surface area contributed by atoms with E-state index in [1.54, 1.807) is 0 Å². The molecule has 82 valence electrons. The van der Waals surface area contributed by atoms with E-state index in [9.17, 15) is 9.90 Å². The molecule has 1 aliphatic carbocycles. The predicted octanol–water partition coefficient (Wildman–Crippen LogP) is 1.31. The van der Waals surface area contributed by atoms with Crippen molar-refractivity contribution in [3.63, 3.8) is 0 Å². The normalized spacial score (nSPS) is 20.2. The topological polar surface area (TPSA) is 49.3 Å². The quantitative estimate of drug-likeness (QED) is 0.677. The summed E-state index contributed by atoms with van der Waals surface area (Å²) in [5, 5.41) is 12.1. The van der Waals surface area contributed by atoms with Crippen molar-refractivity contribution in [3.05, 3.63) is 0 Å². The Morgan fingerprint density at radius 1 is 1.57 bits per heavy atom. The molecule has 1 amide bonds. The zero-order chi connectivity index (χ0) is 10.6. The molecule has 0 aromatic carbocycles. The number of aliphatic hydroxyl groups excluding tert-OH is 1. The summed E-state index contributed by atoms with van der Waals surface area (Å²) in [6.07, 6.45) is 3.55. The molecule has 3 nitrogen and oxygen atoms in total. The van der Waals surface area contributed by atoms with Gasteiger partial charge in [0, 0.05) is 12.5 Å². The van der Waals surface area contributed by atoms with Gasteiger partial charge in [0.05, 0.1) is 6.10 Å². The first-order valence-corrected chi connectivity index (χ1v) is 5.61. The molecule has 0 radical (unpaired) electrons. The van der Waals surface area contributed by atoms with Crippen LogP contribution in [0.1, 0.15) is 39.5 Å². The molecule has 1 saturated carbocycles. The SMILES string of the molecule is CCC(O)CCNC(=O)C(C)C1CC1. The van der Waals surface area contributed by atoms with Gasteiger partial charge in [-0.15, -0.1) is 0 Å². The van der Waals surface area contributed by atoms with Gasteiger partial charge < -0.3 is 10.4 Å². The van der Waals surface area contributed by atoms with E-state index in [0.717, 1.165) is 6.42 Å². The lowest BCUT2D eigenvalue weighted by Gasteiger charge is -2.12. The van der Waals surface area contributed by atoms with E-state index in [2.05, 4.69) is 5.32 Å². The Morgan fingerprint density at radius 2 is 2.21 bits per heavy atom. The van der Waals surface area contributed by atoms with Crippen molar-refractivity contribution < 1.29 is 9.90 Å². The zero-order valence-electron chi connectivity index (χ0n) is 9.12. The van der Waals surface area contributed by atoms with Gasteiger partial charge in [-0.25, -0.2) is 0 Å². The fourth-order valence-corrected chi connectivity index (χ4v) is 1.54. The van der Waals surface area contributed by atoms with Crippen LogP contribution in [0.2, 0.25) is 0 Å². The Kier molecular flexibility index (Phi) is 4.39. The van der Waals surface area contributed by atoms with Gasteiger partial charge in [0.1, 0.15) is 0 Å². The summed E-state index contributed by atoms with van der Waals surface area (Å²) < 4.78 is 0. The van der Waals surface area contributed by atoms with E-state index >= 15 is 0 Å². The summed E-state index contributed by atoms with van der Waals surface area (Å²) in [7, 11) is 0. The molecule has 0 aliphatic heterocycles. The van der Waals surface area contributed by atoms with Crippen LogP contribution in [-0.4, -0.2) is 23.7 Å². The maximum absolute atomic E-state index is 11.5. The number of nitrogens with one attached hydrogen (secondary N) is 1. The summed E-state index contributed by atoms with van der Waals surface area (Å²) in [5.74, 6) is 0.927. The van der Waals surface area contributed by atoms with Gasteiger partial charge in [-0.3, -0.25) is 4.79 Å². The van der Waals surface area contributed by atoms with Crippen molar-refractivity contribution in [2.24, 2.45) is 11.8 Å². The minimum Gasteiger partial charge on any atom is -0.393 e. The smallest absolute Gasteiger partial charge is 0.223 e. The van der Waals surface area contributed by atoms with Crippen LogP contribution in [0.5, 0.6) is 0 Å². The molecule has 1 aliphatic rings. The maximum Gasteiger partial charge on any atom is 0.223 e. The molecular weight excluding hydrogens is 178 g/mol. The Labute approximate surface area is 85.9 Å². The molecule has 1 rings (SSSR count). The van der Waals surface area contributed by atoms with E-state index < -0.39 is 0 Å². The number of rotatable bonds is 6. The van der Waals surface area contributed by atoms with Crippen LogP contribution in [0, 0.1) is 11.8 Å². The Hall–Kier alpha value is -0.570. The summed E-state index contributed by atoms with van der Waals surface area (Å²) in [6, 6.07) is 0.